The van der Waals surface area contributed by atoms with E-state index in [4.69, 9.17) is 9.90 Å². The van der Waals surface area contributed by atoms with E-state index in [1.807, 2.05) is 24.4 Å². The van der Waals surface area contributed by atoms with Crippen molar-refractivity contribution < 1.29 is 28.8 Å². The van der Waals surface area contributed by atoms with Crippen LogP contribution in [0.3, 0.4) is 0 Å². The molecule has 0 spiro atoms. The van der Waals surface area contributed by atoms with Crippen molar-refractivity contribution in [1.29, 1.82) is 0 Å². The van der Waals surface area contributed by atoms with E-state index in [1.165, 1.54) is 10.9 Å². The van der Waals surface area contributed by atoms with Gasteiger partial charge in [-0.1, -0.05) is 0 Å². The van der Waals surface area contributed by atoms with Gasteiger partial charge in [0.05, 0.1) is 0 Å². The van der Waals surface area contributed by atoms with E-state index in [0.29, 0.717) is 0 Å². The summed E-state index contributed by atoms with van der Waals surface area (Å²) in [4.78, 5) is 11.9. The van der Waals surface area contributed by atoms with Crippen molar-refractivity contribution in [3.8, 4) is 0 Å². The van der Waals surface area contributed by atoms with Crippen molar-refractivity contribution in [3.63, 3.8) is 0 Å². The number of aliphatic carboxylic acids is 1. The number of alkyl halides is 3. The van der Waals surface area contributed by atoms with Gasteiger partial charge in [0.1, 0.15) is 11.7 Å². The van der Waals surface area contributed by atoms with Gasteiger partial charge in [-0.2, -0.15) is 13.2 Å². The number of rotatable bonds is 0. The third-order valence-electron chi connectivity index (χ3n) is 1.85. The summed E-state index contributed by atoms with van der Waals surface area (Å²) in [6, 6.07) is 8.15. The number of quaternary nitrogens is 1. The smallest absolute Gasteiger partial charge is 0.430 e. The summed E-state index contributed by atoms with van der Waals surface area (Å²) in [5, 5.41) is 10.0. The molecule has 0 aliphatic heterocycles. The largest absolute Gasteiger partial charge is 0.542 e. The third kappa shape index (κ3) is 3.80. The van der Waals surface area contributed by atoms with Gasteiger partial charge in [-0.05, 0) is 12.1 Å². The highest BCUT2D eigenvalue weighted by Gasteiger charge is 2.28. The van der Waals surface area contributed by atoms with Gasteiger partial charge in [-0.25, -0.2) is 0 Å². The monoisotopic (exact) mass is 246 g/mol. The van der Waals surface area contributed by atoms with Crippen molar-refractivity contribution >= 4 is 22.6 Å². The summed E-state index contributed by atoms with van der Waals surface area (Å²) in [6.07, 6.45) is -3.26. The molecule has 0 atom stereocenters. The molecule has 4 nitrogen and oxygen atoms in total. The summed E-state index contributed by atoms with van der Waals surface area (Å²) >= 11 is 0. The van der Waals surface area contributed by atoms with Crippen molar-refractivity contribution in [2.75, 3.05) is 0 Å². The number of hydrogen-bond donors (Lipinski definition) is 2. The van der Waals surface area contributed by atoms with Gasteiger partial charge in [-0.3, -0.25) is 0 Å². The molecule has 4 N–H and O–H groups in total. The molecule has 1 heterocycles. The standard InChI is InChI=1S/C8H8N2.C2HF3O2/c9-7-1-2-8-6(5-7)3-4-10-8;3-2(4,5)1(6)7/h1-5,10H,9H2;(H,6,7). The Hall–Kier alpha value is -2.02. The lowest BCUT2D eigenvalue weighted by Crippen LogP contribution is -2.39. The lowest BCUT2D eigenvalue weighted by Gasteiger charge is -2.03. The van der Waals surface area contributed by atoms with Crippen LogP contribution in [-0.4, -0.2) is 17.1 Å². The molecule has 92 valence electrons. The molecule has 0 amide bonds. The Morgan fingerprint density at radius 2 is 1.88 bits per heavy atom. The highest BCUT2D eigenvalue weighted by atomic mass is 19.4. The number of nitrogens with one attached hydrogen (secondary N) is 1. The molecule has 0 bridgehead atoms. The molecule has 0 aliphatic rings. The highest BCUT2D eigenvalue weighted by molar-refractivity contribution is 5.81. The minimum atomic E-state index is -5.19. The van der Waals surface area contributed by atoms with E-state index in [1.54, 1.807) is 0 Å². The zero-order chi connectivity index (χ0) is 13.1. The second kappa shape index (κ2) is 4.88. The molecule has 0 unspecified atom stereocenters. The average molecular weight is 246 g/mol. The number of H-pyrrole nitrogens is 1. The van der Waals surface area contributed by atoms with Crippen LogP contribution in [0.4, 0.5) is 18.9 Å². The number of carboxylic acids is 1. The molecular formula is C10H9F3N2O2. The summed E-state index contributed by atoms with van der Waals surface area (Å²) in [5.74, 6) is -3.01. The molecule has 0 saturated carbocycles. The summed E-state index contributed by atoms with van der Waals surface area (Å²) in [5.41, 5.74) is 6.07. The Morgan fingerprint density at radius 1 is 1.29 bits per heavy atom. The minimum Gasteiger partial charge on any atom is -0.542 e. The van der Waals surface area contributed by atoms with E-state index >= 15 is 0 Å². The van der Waals surface area contributed by atoms with Crippen LogP contribution in [0.25, 0.3) is 10.9 Å². The molecule has 0 aliphatic carbocycles. The van der Waals surface area contributed by atoms with Crippen molar-refractivity contribution in [1.82, 2.24) is 4.98 Å². The zero-order valence-corrected chi connectivity index (χ0v) is 8.54. The van der Waals surface area contributed by atoms with E-state index in [9.17, 15) is 13.2 Å². The zero-order valence-electron chi connectivity index (χ0n) is 8.54. The summed E-state index contributed by atoms with van der Waals surface area (Å²) < 4.78 is 31.5. The number of hydrogen-bond acceptors (Lipinski definition) is 2. The molecule has 1 aromatic carbocycles. The fourth-order valence-electron chi connectivity index (χ4n) is 1.10. The maximum Gasteiger partial charge on any atom is 0.430 e. The first-order chi connectivity index (χ1) is 7.80. The lowest BCUT2D eigenvalue weighted by atomic mass is 10.2. The van der Waals surface area contributed by atoms with Crippen LogP contribution in [0, 0.1) is 0 Å². The number of benzene rings is 1. The Kier molecular flexibility index (Phi) is 3.74. The summed E-state index contributed by atoms with van der Waals surface area (Å²) in [6.45, 7) is 0. The molecule has 2 rings (SSSR count). The van der Waals surface area contributed by atoms with E-state index in [0.717, 1.165) is 5.69 Å². The van der Waals surface area contributed by atoms with Crippen LogP contribution in [0.15, 0.2) is 30.5 Å². The van der Waals surface area contributed by atoms with Crippen LogP contribution >= 0.6 is 0 Å². The second-order valence-electron chi connectivity index (χ2n) is 3.18. The van der Waals surface area contributed by atoms with Gasteiger partial charge in [0.2, 0.25) is 0 Å². The number of carbonyl (C=O) groups is 1. The fourth-order valence-corrected chi connectivity index (χ4v) is 1.10. The van der Waals surface area contributed by atoms with Crippen molar-refractivity contribution in [2.24, 2.45) is 0 Å². The van der Waals surface area contributed by atoms with Gasteiger partial charge in [0.15, 0.2) is 0 Å². The van der Waals surface area contributed by atoms with Crippen LogP contribution in [0.2, 0.25) is 0 Å². The predicted octanol–water partition coefficient (Wildman–Crippen LogP) is 0.340. The van der Waals surface area contributed by atoms with Crippen molar-refractivity contribution in [2.45, 2.75) is 6.18 Å². The second-order valence-corrected chi connectivity index (χ2v) is 3.18. The molecule has 7 heteroatoms. The van der Waals surface area contributed by atoms with Gasteiger partial charge >= 0.3 is 6.18 Å². The number of fused-ring (bicyclic) bond motifs is 1. The molecule has 17 heavy (non-hydrogen) atoms. The molecule has 0 radical (unpaired) electrons. The Morgan fingerprint density at radius 3 is 2.41 bits per heavy atom. The number of aromatic amines is 1. The first-order valence-corrected chi connectivity index (χ1v) is 4.48. The minimum absolute atomic E-state index is 1.06. The number of aromatic nitrogens is 1. The number of halogens is 3. The van der Waals surface area contributed by atoms with Gasteiger partial charge in [0.25, 0.3) is 0 Å². The predicted molar refractivity (Wildman–Crippen MR) is 51.9 cm³/mol. The first-order valence-electron chi connectivity index (χ1n) is 4.48. The van der Waals surface area contributed by atoms with Gasteiger partial charge < -0.3 is 20.6 Å². The lowest BCUT2D eigenvalue weighted by molar-refractivity contribution is -0.344. The normalized spacial score (nSPS) is 10.8. The summed E-state index contributed by atoms with van der Waals surface area (Å²) in [7, 11) is 0. The molecule has 0 fully saturated rings. The maximum atomic E-state index is 10.5. The van der Waals surface area contributed by atoms with E-state index in [-0.39, 0.29) is 0 Å². The molecular weight excluding hydrogens is 237 g/mol. The van der Waals surface area contributed by atoms with Crippen LogP contribution in [0.5, 0.6) is 0 Å². The van der Waals surface area contributed by atoms with Gasteiger partial charge in [0, 0.05) is 29.2 Å². The maximum absolute atomic E-state index is 10.5. The Labute approximate surface area is 93.9 Å². The Balaban J connectivity index is 0.000000185. The number of carboxylic acid groups (broad SMARTS) is 1. The van der Waals surface area contributed by atoms with Crippen LogP contribution < -0.4 is 10.8 Å². The van der Waals surface area contributed by atoms with Crippen molar-refractivity contribution in [3.05, 3.63) is 30.5 Å². The highest BCUT2D eigenvalue weighted by Crippen LogP contribution is 2.13. The first kappa shape index (κ1) is 13.0. The molecule has 0 saturated heterocycles. The fraction of sp³-hybridized carbons (Fsp3) is 0.100. The Bertz CT molecular complexity index is 519. The third-order valence-corrected chi connectivity index (χ3v) is 1.85. The van der Waals surface area contributed by atoms with Gasteiger partial charge in [-0.15, -0.1) is 0 Å². The number of carbonyl (C=O) groups excluding carboxylic acids is 1. The van der Waals surface area contributed by atoms with Crippen LogP contribution in [0.1, 0.15) is 0 Å². The molecule has 2 aromatic rings. The SMILES string of the molecule is O=C([O-])C(F)(F)F.[NH3+]c1ccc2[nH]ccc2c1. The van der Waals surface area contributed by atoms with Crippen LogP contribution in [-0.2, 0) is 4.79 Å². The van der Waals surface area contributed by atoms with E-state index in [2.05, 4.69) is 16.8 Å². The topological polar surface area (TPSA) is 83.6 Å². The quantitative estimate of drug-likeness (QED) is 0.702. The average Bonchev–Trinajstić information content (AvgIpc) is 2.63. The van der Waals surface area contributed by atoms with E-state index < -0.39 is 12.1 Å². The molecule has 1 aromatic heterocycles.